The standard InChI is InChI=1S/C12H12N2O3/c1-16-9-3-8(4-10(5-9)17-2)11-6-13-7-12(15)14-11/h3-7H,1-2H3,(H,14,15). The van der Waals surface area contributed by atoms with Crippen LogP contribution < -0.4 is 15.0 Å². The first-order valence-corrected chi connectivity index (χ1v) is 5.00. The lowest BCUT2D eigenvalue weighted by Crippen LogP contribution is -2.05. The molecule has 0 atom stereocenters. The van der Waals surface area contributed by atoms with Crippen LogP contribution in [0.25, 0.3) is 11.3 Å². The summed E-state index contributed by atoms with van der Waals surface area (Å²) in [5.41, 5.74) is 1.16. The summed E-state index contributed by atoms with van der Waals surface area (Å²) in [6.45, 7) is 0. The van der Waals surface area contributed by atoms with Crippen LogP contribution in [0.2, 0.25) is 0 Å². The number of H-pyrrole nitrogens is 1. The van der Waals surface area contributed by atoms with E-state index in [1.54, 1.807) is 38.6 Å². The number of benzene rings is 1. The Morgan fingerprint density at radius 1 is 1.06 bits per heavy atom. The van der Waals surface area contributed by atoms with Crippen LogP contribution in [0.5, 0.6) is 11.5 Å². The van der Waals surface area contributed by atoms with Gasteiger partial charge in [-0.3, -0.25) is 9.78 Å². The Morgan fingerprint density at radius 3 is 2.24 bits per heavy atom. The van der Waals surface area contributed by atoms with E-state index in [9.17, 15) is 4.79 Å². The third kappa shape index (κ3) is 2.44. The molecule has 5 heteroatoms. The fourth-order valence-corrected chi connectivity index (χ4v) is 1.49. The molecule has 0 saturated heterocycles. The molecule has 0 fully saturated rings. The second kappa shape index (κ2) is 4.69. The first-order valence-electron chi connectivity index (χ1n) is 5.00. The molecular formula is C12H12N2O3. The topological polar surface area (TPSA) is 64.2 Å². The Morgan fingerprint density at radius 2 is 1.71 bits per heavy atom. The summed E-state index contributed by atoms with van der Waals surface area (Å²) in [4.78, 5) is 17.7. The largest absolute Gasteiger partial charge is 0.497 e. The summed E-state index contributed by atoms with van der Waals surface area (Å²) in [7, 11) is 3.15. The molecule has 2 rings (SSSR count). The zero-order chi connectivity index (χ0) is 12.3. The van der Waals surface area contributed by atoms with E-state index in [4.69, 9.17) is 9.47 Å². The van der Waals surface area contributed by atoms with E-state index in [-0.39, 0.29) is 5.56 Å². The zero-order valence-corrected chi connectivity index (χ0v) is 9.56. The molecule has 5 nitrogen and oxygen atoms in total. The summed E-state index contributed by atoms with van der Waals surface area (Å²) >= 11 is 0. The molecule has 0 aliphatic carbocycles. The van der Waals surface area contributed by atoms with E-state index in [2.05, 4.69) is 9.97 Å². The van der Waals surface area contributed by atoms with Gasteiger partial charge in [0.1, 0.15) is 11.5 Å². The van der Waals surface area contributed by atoms with Crippen molar-refractivity contribution in [1.82, 2.24) is 9.97 Å². The van der Waals surface area contributed by atoms with Gasteiger partial charge in [-0.05, 0) is 12.1 Å². The maximum Gasteiger partial charge on any atom is 0.266 e. The van der Waals surface area contributed by atoms with Gasteiger partial charge in [-0.1, -0.05) is 0 Å². The summed E-state index contributed by atoms with van der Waals surface area (Å²) in [6.07, 6.45) is 2.80. The highest BCUT2D eigenvalue weighted by Crippen LogP contribution is 2.27. The molecule has 1 N–H and O–H groups in total. The van der Waals surface area contributed by atoms with Crippen molar-refractivity contribution in [3.05, 3.63) is 40.9 Å². The van der Waals surface area contributed by atoms with E-state index in [0.717, 1.165) is 5.56 Å². The maximum absolute atomic E-state index is 11.2. The second-order valence-electron chi connectivity index (χ2n) is 3.41. The Balaban J connectivity index is 2.54. The van der Waals surface area contributed by atoms with E-state index in [1.807, 2.05) is 0 Å². The molecule has 1 heterocycles. The van der Waals surface area contributed by atoms with Crippen molar-refractivity contribution in [2.45, 2.75) is 0 Å². The predicted molar refractivity (Wildman–Crippen MR) is 63.4 cm³/mol. The second-order valence-corrected chi connectivity index (χ2v) is 3.41. The molecule has 1 aromatic heterocycles. The molecule has 2 aromatic rings. The molecule has 88 valence electrons. The van der Waals surface area contributed by atoms with Gasteiger partial charge in [0.05, 0.1) is 32.3 Å². The molecule has 0 bridgehead atoms. The summed E-state index contributed by atoms with van der Waals surface area (Å²) in [5, 5.41) is 0. The molecule has 1 aromatic carbocycles. The van der Waals surface area contributed by atoms with E-state index in [0.29, 0.717) is 17.2 Å². The summed E-state index contributed by atoms with van der Waals surface area (Å²) in [6, 6.07) is 5.36. The lowest BCUT2D eigenvalue weighted by Gasteiger charge is -2.07. The van der Waals surface area contributed by atoms with Gasteiger partial charge in [0.2, 0.25) is 0 Å². The number of ether oxygens (including phenoxy) is 2. The third-order valence-corrected chi connectivity index (χ3v) is 2.32. The van der Waals surface area contributed by atoms with E-state index < -0.39 is 0 Å². The first-order chi connectivity index (χ1) is 8.22. The van der Waals surface area contributed by atoms with Crippen molar-refractivity contribution in [2.24, 2.45) is 0 Å². The maximum atomic E-state index is 11.2. The molecular weight excluding hydrogens is 220 g/mol. The van der Waals surface area contributed by atoms with Crippen LogP contribution in [0.15, 0.2) is 35.4 Å². The zero-order valence-electron chi connectivity index (χ0n) is 9.56. The minimum absolute atomic E-state index is 0.246. The first kappa shape index (κ1) is 11.2. The van der Waals surface area contributed by atoms with Gasteiger partial charge < -0.3 is 14.5 Å². The van der Waals surface area contributed by atoms with Gasteiger partial charge >= 0.3 is 0 Å². The Hall–Kier alpha value is -2.30. The number of nitrogens with zero attached hydrogens (tertiary/aromatic N) is 1. The van der Waals surface area contributed by atoms with Gasteiger partial charge in [-0.2, -0.15) is 0 Å². The number of rotatable bonds is 3. The van der Waals surface area contributed by atoms with Gasteiger partial charge in [-0.25, -0.2) is 0 Å². The lowest BCUT2D eigenvalue weighted by molar-refractivity contribution is 0.394. The molecule has 0 amide bonds. The summed E-state index contributed by atoms with van der Waals surface area (Å²) < 4.78 is 10.3. The SMILES string of the molecule is COc1cc(OC)cc(-c2cncc(=O)[nH]2)c1. The van der Waals surface area contributed by atoms with Crippen molar-refractivity contribution < 1.29 is 9.47 Å². The Labute approximate surface area is 98.0 Å². The molecule has 0 spiro atoms. The molecule has 0 saturated carbocycles. The average molecular weight is 232 g/mol. The number of methoxy groups -OCH3 is 2. The molecule has 0 aliphatic rings. The van der Waals surface area contributed by atoms with Crippen LogP contribution >= 0.6 is 0 Å². The highest BCUT2D eigenvalue weighted by Gasteiger charge is 2.05. The van der Waals surface area contributed by atoms with Crippen molar-refractivity contribution in [3.63, 3.8) is 0 Å². The molecule has 0 radical (unpaired) electrons. The monoisotopic (exact) mass is 232 g/mol. The molecule has 0 unspecified atom stereocenters. The number of aromatic amines is 1. The van der Waals surface area contributed by atoms with Gasteiger partial charge in [0, 0.05) is 11.6 Å². The van der Waals surface area contributed by atoms with Crippen LogP contribution in [0.1, 0.15) is 0 Å². The molecule has 0 aliphatic heterocycles. The Bertz CT molecular complexity index is 556. The van der Waals surface area contributed by atoms with Crippen molar-refractivity contribution in [2.75, 3.05) is 14.2 Å². The molecule has 17 heavy (non-hydrogen) atoms. The minimum atomic E-state index is -0.246. The van der Waals surface area contributed by atoms with Gasteiger partial charge in [0.15, 0.2) is 0 Å². The van der Waals surface area contributed by atoms with Crippen LogP contribution in [0.3, 0.4) is 0 Å². The minimum Gasteiger partial charge on any atom is -0.497 e. The van der Waals surface area contributed by atoms with Crippen molar-refractivity contribution in [1.29, 1.82) is 0 Å². The summed E-state index contributed by atoms with van der Waals surface area (Å²) in [5.74, 6) is 1.31. The van der Waals surface area contributed by atoms with Crippen LogP contribution in [-0.2, 0) is 0 Å². The fourth-order valence-electron chi connectivity index (χ4n) is 1.49. The highest BCUT2D eigenvalue weighted by molar-refractivity contribution is 5.63. The Kier molecular flexibility index (Phi) is 3.09. The third-order valence-electron chi connectivity index (χ3n) is 2.32. The van der Waals surface area contributed by atoms with Crippen LogP contribution in [-0.4, -0.2) is 24.2 Å². The smallest absolute Gasteiger partial charge is 0.266 e. The van der Waals surface area contributed by atoms with Gasteiger partial charge in [0.25, 0.3) is 5.56 Å². The number of aromatic nitrogens is 2. The lowest BCUT2D eigenvalue weighted by atomic mass is 10.1. The number of nitrogens with one attached hydrogen (secondary N) is 1. The quantitative estimate of drug-likeness (QED) is 0.870. The van der Waals surface area contributed by atoms with Crippen molar-refractivity contribution >= 4 is 0 Å². The normalized spacial score (nSPS) is 10.0. The van der Waals surface area contributed by atoms with Crippen LogP contribution in [0.4, 0.5) is 0 Å². The highest BCUT2D eigenvalue weighted by atomic mass is 16.5. The number of hydrogen-bond acceptors (Lipinski definition) is 4. The fraction of sp³-hybridized carbons (Fsp3) is 0.167. The van der Waals surface area contributed by atoms with Crippen LogP contribution in [0, 0.1) is 0 Å². The van der Waals surface area contributed by atoms with E-state index >= 15 is 0 Å². The van der Waals surface area contributed by atoms with Crippen molar-refractivity contribution in [3.8, 4) is 22.8 Å². The number of hydrogen-bond donors (Lipinski definition) is 1. The average Bonchev–Trinajstić information content (AvgIpc) is 2.38. The predicted octanol–water partition coefficient (Wildman–Crippen LogP) is 1.45. The van der Waals surface area contributed by atoms with E-state index in [1.165, 1.54) is 6.20 Å². The van der Waals surface area contributed by atoms with Gasteiger partial charge in [-0.15, -0.1) is 0 Å².